The number of ether oxygens (including phenoxy) is 1. The quantitative estimate of drug-likeness (QED) is 0.771. The van der Waals surface area contributed by atoms with Crippen LogP contribution < -0.4 is 5.32 Å². The van der Waals surface area contributed by atoms with Crippen molar-refractivity contribution in [3.63, 3.8) is 0 Å². The molecule has 1 saturated carbocycles. The first-order valence-corrected chi connectivity index (χ1v) is 6.34. The van der Waals surface area contributed by atoms with Crippen molar-refractivity contribution < 1.29 is 9.53 Å². The van der Waals surface area contributed by atoms with Gasteiger partial charge < -0.3 is 15.0 Å². The minimum Gasteiger partial charge on any atom is -0.444 e. The van der Waals surface area contributed by atoms with E-state index in [0.717, 1.165) is 25.8 Å². The molecule has 1 aliphatic carbocycles. The highest BCUT2D eigenvalue weighted by molar-refractivity contribution is 5.68. The number of alkyl carbamates (subject to hydrolysis) is 1. The van der Waals surface area contributed by atoms with Crippen molar-refractivity contribution in [2.75, 3.05) is 6.54 Å². The molecule has 0 aliphatic heterocycles. The standard InChI is InChI=1S/C13H24N2O2/c1-13(2,3)17-12(16)15-11-8-6-5-7-10(11)9-14-4/h10-11H,4-9H2,1-3H3,(H,15,16)/t10-,11+/m1/s1. The van der Waals surface area contributed by atoms with E-state index in [4.69, 9.17) is 4.74 Å². The lowest BCUT2D eigenvalue weighted by molar-refractivity contribution is 0.0471. The van der Waals surface area contributed by atoms with E-state index in [1.54, 1.807) is 0 Å². The summed E-state index contributed by atoms with van der Waals surface area (Å²) in [5, 5.41) is 2.96. The molecule has 0 aromatic rings. The van der Waals surface area contributed by atoms with Gasteiger partial charge in [0.25, 0.3) is 0 Å². The van der Waals surface area contributed by atoms with Crippen LogP contribution in [0, 0.1) is 5.92 Å². The van der Waals surface area contributed by atoms with Gasteiger partial charge in [0, 0.05) is 12.6 Å². The van der Waals surface area contributed by atoms with Gasteiger partial charge in [-0.05, 0) is 46.2 Å². The zero-order valence-electron chi connectivity index (χ0n) is 11.2. The van der Waals surface area contributed by atoms with E-state index in [1.165, 1.54) is 6.42 Å². The van der Waals surface area contributed by atoms with Gasteiger partial charge in [0.05, 0.1) is 0 Å². The largest absolute Gasteiger partial charge is 0.444 e. The fourth-order valence-electron chi connectivity index (χ4n) is 2.24. The summed E-state index contributed by atoms with van der Waals surface area (Å²) in [6.45, 7) is 9.87. The summed E-state index contributed by atoms with van der Waals surface area (Å²) < 4.78 is 5.27. The summed E-state index contributed by atoms with van der Waals surface area (Å²) in [4.78, 5) is 15.6. The van der Waals surface area contributed by atoms with Gasteiger partial charge in [-0.25, -0.2) is 4.79 Å². The number of carbonyl (C=O) groups is 1. The van der Waals surface area contributed by atoms with Gasteiger partial charge in [0.2, 0.25) is 0 Å². The highest BCUT2D eigenvalue weighted by Crippen LogP contribution is 2.25. The summed E-state index contributed by atoms with van der Waals surface area (Å²) in [6, 6.07) is 0.184. The molecule has 0 aromatic carbocycles. The Morgan fingerprint density at radius 2 is 2.06 bits per heavy atom. The summed E-state index contributed by atoms with van der Waals surface area (Å²) in [7, 11) is 0. The highest BCUT2D eigenvalue weighted by Gasteiger charge is 2.27. The fraction of sp³-hybridized carbons (Fsp3) is 0.846. The van der Waals surface area contributed by atoms with E-state index in [-0.39, 0.29) is 12.1 Å². The Kier molecular flexibility index (Phi) is 4.97. The van der Waals surface area contributed by atoms with Gasteiger partial charge in [0.15, 0.2) is 0 Å². The molecule has 1 N–H and O–H groups in total. The number of amides is 1. The molecule has 0 aromatic heterocycles. The molecule has 1 fully saturated rings. The van der Waals surface area contributed by atoms with Gasteiger partial charge in [-0.3, -0.25) is 0 Å². The minimum atomic E-state index is -0.440. The Bertz CT molecular complexity index is 271. The second kappa shape index (κ2) is 6.03. The van der Waals surface area contributed by atoms with Crippen molar-refractivity contribution in [1.82, 2.24) is 5.32 Å². The van der Waals surface area contributed by atoms with Crippen molar-refractivity contribution in [2.45, 2.75) is 58.1 Å². The molecule has 4 nitrogen and oxygen atoms in total. The Morgan fingerprint density at radius 3 is 2.65 bits per heavy atom. The van der Waals surface area contributed by atoms with Crippen LogP contribution in [-0.4, -0.2) is 31.0 Å². The van der Waals surface area contributed by atoms with Crippen molar-refractivity contribution in [2.24, 2.45) is 10.9 Å². The number of hydrogen-bond acceptors (Lipinski definition) is 3. The maximum Gasteiger partial charge on any atom is 0.407 e. The van der Waals surface area contributed by atoms with Crippen molar-refractivity contribution in [3.8, 4) is 0 Å². The zero-order chi connectivity index (χ0) is 12.9. The molecule has 0 spiro atoms. The molecule has 0 radical (unpaired) electrons. The Morgan fingerprint density at radius 1 is 1.41 bits per heavy atom. The van der Waals surface area contributed by atoms with Gasteiger partial charge >= 0.3 is 6.09 Å². The van der Waals surface area contributed by atoms with Gasteiger partial charge in [0.1, 0.15) is 5.60 Å². The number of carbonyl (C=O) groups excluding carboxylic acids is 1. The van der Waals surface area contributed by atoms with E-state index in [0.29, 0.717) is 5.92 Å². The Balaban J connectivity index is 2.47. The second-order valence-corrected chi connectivity index (χ2v) is 5.70. The van der Waals surface area contributed by atoms with E-state index < -0.39 is 5.60 Å². The van der Waals surface area contributed by atoms with Crippen LogP contribution in [0.15, 0.2) is 4.99 Å². The zero-order valence-corrected chi connectivity index (χ0v) is 11.2. The average Bonchev–Trinajstić information content (AvgIpc) is 2.18. The predicted molar refractivity (Wildman–Crippen MR) is 69.5 cm³/mol. The summed E-state index contributed by atoms with van der Waals surface area (Å²) in [5.74, 6) is 0.411. The van der Waals surface area contributed by atoms with E-state index in [9.17, 15) is 4.79 Å². The molecule has 0 bridgehead atoms. The van der Waals surface area contributed by atoms with Crippen LogP contribution in [0.25, 0.3) is 0 Å². The minimum absolute atomic E-state index is 0.184. The molecule has 1 rings (SSSR count). The summed E-state index contributed by atoms with van der Waals surface area (Å²) in [5.41, 5.74) is -0.440. The first-order chi connectivity index (χ1) is 7.92. The van der Waals surface area contributed by atoms with Crippen molar-refractivity contribution in [3.05, 3.63) is 0 Å². The van der Waals surface area contributed by atoms with E-state index in [1.807, 2.05) is 20.8 Å². The summed E-state index contributed by atoms with van der Waals surface area (Å²) in [6.07, 6.45) is 4.18. The first-order valence-electron chi connectivity index (χ1n) is 6.34. The van der Waals surface area contributed by atoms with Crippen LogP contribution in [0.2, 0.25) is 0 Å². The van der Waals surface area contributed by atoms with E-state index >= 15 is 0 Å². The van der Waals surface area contributed by atoms with Crippen molar-refractivity contribution in [1.29, 1.82) is 0 Å². The van der Waals surface area contributed by atoms with Gasteiger partial charge in [-0.15, -0.1) is 0 Å². The van der Waals surface area contributed by atoms with Crippen LogP contribution in [0.4, 0.5) is 4.79 Å². The third kappa shape index (κ3) is 5.20. The number of nitrogens with zero attached hydrogens (tertiary/aromatic N) is 1. The molecule has 4 heteroatoms. The molecule has 1 amide bonds. The average molecular weight is 240 g/mol. The molecule has 0 unspecified atom stereocenters. The lowest BCUT2D eigenvalue weighted by Crippen LogP contribution is -2.45. The molecule has 0 saturated heterocycles. The van der Waals surface area contributed by atoms with Crippen LogP contribution in [0.3, 0.4) is 0 Å². The van der Waals surface area contributed by atoms with Gasteiger partial charge in [-0.1, -0.05) is 12.8 Å². The third-order valence-corrected chi connectivity index (χ3v) is 2.97. The second-order valence-electron chi connectivity index (χ2n) is 5.70. The first kappa shape index (κ1) is 14.0. The highest BCUT2D eigenvalue weighted by atomic mass is 16.6. The maximum atomic E-state index is 11.7. The fourth-order valence-corrected chi connectivity index (χ4v) is 2.24. The summed E-state index contributed by atoms with van der Waals surface area (Å²) >= 11 is 0. The monoisotopic (exact) mass is 240 g/mol. The lowest BCUT2D eigenvalue weighted by atomic mass is 9.84. The van der Waals surface area contributed by atoms with Crippen LogP contribution in [-0.2, 0) is 4.74 Å². The topological polar surface area (TPSA) is 50.7 Å². The molecule has 1 aliphatic rings. The van der Waals surface area contributed by atoms with E-state index in [2.05, 4.69) is 17.0 Å². The normalized spacial score (nSPS) is 25.1. The van der Waals surface area contributed by atoms with Gasteiger partial charge in [-0.2, -0.15) is 0 Å². The molecular weight excluding hydrogens is 216 g/mol. The number of nitrogens with one attached hydrogen (secondary N) is 1. The molecule has 98 valence electrons. The van der Waals surface area contributed by atoms with Crippen molar-refractivity contribution >= 4 is 12.8 Å². The molecule has 0 heterocycles. The number of hydrogen-bond donors (Lipinski definition) is 1. The Labute approximate surface area is 104 Å². The van der Waals surface area contributed by atoms with Crippen LogP contribution in [0.1, 0.15) is 46.5 Å². The predicted octanol–water partition coefficient (Wildman–Crippen LogP) is 2.77. The lowest BCUT2D eigenvalue weighted by Gasteiger charge is -2.32. The number of rotatable bonds is 3. The number of aliphatic imine (C=N–C) groups is 1. The maximum absolute atomic E-state index is 11.7. The third-order valence-electron chi connectivity index (χ3n) is 2.97. The smallest absolute Gasteiger partial charge is 0.407 e. The molecular formula is C13H24N2O2. The Hall–Kier alpha value is -1.06. The van der Waals surface area contributed by atoms with Crippen LogP contribution in [0.5, 0.6) is 0 Å². The SMILES string of the molecule is C=NC[C@H]1CCCC[C@@H]1NC(=O)OC(C)(C)C. The molecule has 2 atom stereocenters. The van der Waals surface area contributed by atoms with Crippen LogP contribution >= 0.6 is 0 Å². The molecule has 17 heavy (non-hydrogen) atoms.